The molecule has 7 nitrogen and oxygen atoms in total. The van der Waals surface area contributed by atoms with Crippen LogP contribution in [0, 0.1) is 10.1 Å². The molecule has 0 aliphatic heterocycles. The second kappa shape index (κ2) is 5.94. The second-order valence-corrected chi connectivity index (χ2v) is 4.39. The average Bonchev–Trinajstić information content (AvgIpc) is 2.37. The molecule has 1 amide bonds. The lowest BCUT2D eigenvalue weighted by Crippen LogP contribution is -2.41. The summed E-state index contributed by atoms with van der Waals surface area (Å²) in [5.74, 6) is -0.713. The van der Waals surface area contributed by atoms with Crippen LogP contribution >= 0.6 is 11.6 Å². The quantitative estimate of drug-likeness (QED) is 0.510. The highest BCUT2D eigenvalue weighted by atomic mass is 35.5. The van der Waals surface area contributed by atoms with Crippen molar-refractivity contribution in [3.05, 3.63) is 27.4 Å². The van der Waals surface area contributed by atoms with Crippen molar-refractivity contribution in [3.8, 4) is 0 Å². The summed E-state index contributed by atoms with van der Waals surface area (Å²) in [5, 5.41) is 13.3. The minimum absolute atomic E-state index is 0.0523. The number of methoxy groups -OCH3 is 1. The number of rotatable bonds is 5. The van der Waals surface area contributed by atoms with Gasteiger partial charge >= 0.3 is 5.69 Å². The van der Waals surface area contributed by atoms with Gasteiger partial charge in [-0.2, -0.15) is 0 Å². The number of nitrogens with one attached hydrogen (secondary N) is 1. The Morgan fingerprint density at radius 3 is 2.74 bits per heavy atom. The number of hydrogen-bond acceptors (Lipinski definition) is 5. The summed E-state index contributed by atoms with van der Waals surface area (Å²) in [7, 11) is 1.39. The van der Waals surface area contributed by atoms with Crippen molar-refractivity contribution < 1.29 is 14.5 Å². The normalized spacial score (nSPS) is 13.7. The number of halogens is 1. The highest BCUT2D eigenvalue weighted by Gasteiger charge is 2.32. The van der Waals surface area contributed by atoms with Crippen molar-refractivity contribution in [3.63, 3.8) is 0 Å². The Morgan fingerprint density at radius 1 is 1.63 bits per heavy atom. The number of nitro groups is 1. The molecule has 1 aromatic heterocycles. The molecule has 0 aliphatic carbocycles. The standard InChI is InChI=1S/C11H14ClN3O4/c1-4-11(2,19-3)10(16)14-9-7(15(17)18)5-6-8(12)13-9/h5-6H,4H2,1-3H3,(H,13,14,16). The van der Waals surface area contributed by atoms with Gasteiger partial charge in [0, 0.05) is 13.2 Å². The van der Waals surface area contributed by atoms with Crippen LogP contribution in [0.1, 0.15) is 20.3 Å². The third-order valence-corrected chi connectivity index (χ3v) is 3.08. The first-order valence-electron chi connectivity index (χ1n) is 5.51. The van der Waals surface area contributed by atoms with Crippen molar-refractivity contribution in [2.45, 2.75) is 25.9 Å². The fraction of sp³-hybridized carbons (Fsp3) is 0.455. The first-order chi connectivity index (χ1) is 8.84. The molecule has 8 heteroatoms. The van der Waals surface area contributed by atoms with E-state index in [2.05, 4.69) is 10.3 Å². The van der Waals surface area contributed by atoms with Crippen LogP contribution in [0.3, 0.4) is 0 Å². The smallest absolute Gasteiger partial charge is 0.311 e. The molecule has 1 N–H and O–H groups in total. The van der Waals surface area contributed by atoms with Crippen LogP contribution in [0.15, 0.2) is 12.1 Å². The average molecular weight is 288 g/mol. The largest absolute Gasteiger partial charge is 0.369 e. The third-order valence-electron chi connectivity index (χ3n) is 2.87. The predicted molar refractivity (Wildman–Crippen MR) is 70.2 cm³/mol. The molecule has 1 heterocycles. The van der Waals surface area contributed by atoms with Crippen LogP contribution in [0.25, 0.3) is 0 Å². The van der Waals surface area contributed by atoms with Crippen molar-refractivity contribution >= 4 is 29.0 Å². The summed E-state index contributed by atoms with van der Waals surface area (Å²) < 4.78 is 5.11. The molecular weight excluding hydrogens is 274 g/mol. The first-order valence-corrected chi connectivity index (χ1v) is 5.89. The molecule has 0 aromatic carbocycles. The minimum Gasteiger partial charge on any atom is -0.369 e. The van der Waals surface area contributed by atoms with Crippen LogP contribution in [0.4, 0.5) is 11.5 Å². The number of anilines is 1. The molecule has 1 rings (SSSR count). The predicted octanol–water partition coefficient (Wildman–Crippen LogP) is 2.40. The number of amides is 1. The topological polar surface area (TPSA) is 94.4 Å². The number of aromatic nitrogens is 1. The van der Waals surface area contributed by atoms with Gasteiger partial charge in [-0.05, 0) is 19.4 Å². The van der Waals surface area contributed by atoms with E-state index in [1.54, 1.807) is 13.8 Å². The van der Waals surface area contributed by atoms with Gasteiger partial charge in [-0.25, -0.2) is 4.98 Å². The summed E-state index contributed by atoms with van der Waals surface area (Å²) in [5.41, 5.74) is -1.41. The van der Waals surface area contributed by atoms with Gasteiger partial charge in [0.2, 0.25) is 5.82 Å². The second-order valence-electron chi connectivity index (χ2n) is 4.00. The lowest BCUT2D eigenvalue weighted by atomic mass is 10.0. The summed E-state index contributed by atoms with van der Waals surface area (Å²) in [6.45, 7) is 3.35. The molecule has 0 fully saturated rings. The molecule has 0 aliphatic rings. The SMILES string of the molecule is CCC(C)(OC)C(=O)Nc1nc(Cl)ccc1[N+](=O)[O-]. The van der Waals surface area contributed by atoms with E-state index in [-0.39, 0.29) is 16.7 Å². The van der Waals surface area contributed by atoms with E-state index in [0.717, 1.165) is 0 Å². The summed E-state index contributed by atoms with van der Waals surface area (Å²) in [6.07, 6.45) is 0.406. The Hall–Kier alpha value is -1.73. The molecule has 1 atom stereocenters. The van der Waals surface area contributed by atoms with Gasteiger partial charge < -0.3 is 10.1 Å². The number of nitrogens with zero attached hydrogens (tertiary/aromatic N) is 2. The molecule has 0 radical (unpaired) electrons. The van der Waals surface area contributed by atoms with Crippen molar-refractivity contribution in [2.75, 3.05) is 12.4 Å². The van der Waals surface area contributed by atoms with Crippen LogP contribution in [-0.2, 0) is 9.53 Å². The maximum atomic E-state index is 12.0. The van der Waals surface area contributed by atoms with E-state index in [1.165, 1.54) is 19.2 Å². The molecule has 0 spiro atoms. The Labute approximate surface area is 115 Å². The van der Waals surface area contributed by atoms with Gasteiger partial charge in [-0.1, -0.05) is 18.5 Å². The lowest BCUT2D eigenvalue weighted by Gasteiger charge is -2.24. The molecule has 1 unspecified atom stereocenters. The fourth-order valence-corrected chi connectivity index (χ4v) is 1.45. The monoisotopic (exact) mass is 287 g/mol. The summed E-state index contributed by atoms with van der Waals surface area (Å²) in [6, 6.07) is 2.46. The number of pyridine rings is 1. The molecule has 0 saturated carbocycles. The maximum Gasteiger partial charge on any atom is 0.311 e. The highest BCUT2D eigenvalue weighted by molar-refractivity contribution is 6.29. The summed E-state index contributed by atoms with van der Waals surface area (Å²) >= 11 is 5.67. The lowest BCUT2D eigenvalue weighted by molar-refractivity contribution is -0.384. The van der Waals surface area contributed by atoms with Gasteiger partial charge in [0.1, 0.15) is 10.8 Å². The minimum atomic E-state index is -1.09. The zero-order valence-corrected chi connectivity index (χ0v) is 11.5. The van der Waals surface area contributed by atoms with Crippen molar-refractivity contribution in [1.82, 2.24) is 4.98 Å². The summed E-state index contributed by atoms with van der Waals surface area (Å²) in [4.78, 5) is 26.0. The van der Waals surface area contributed by atoms with Crippen molar-refractivity contribution in [2.24, 2.45) is 0 Å². The van der Waals surface area contributed by atoms with Crippen LogP contribution in [-0.4, -0.2) is 28.5 Å². The van der Waals surface area contributed by atoms with Gasteiger partial charge in [0.15, 0.2) is 0 Å². The number of carbonyl (C=O) groups excluding carboxylic acids is 1. The van der Waals surface area contributed by atoms with E-state index in [9.17, 15) is 14.9 Å². The molecular formula is C11H14ClN3O4. The highest BCUT2D eigenvalue weighted by Crippen LogP contribution is 2.26. The van der Waals surface area contributed by atoms with Crippen LogP contribution in [0.2, 0.25) is 5.15 Å². The molecule has 0 bridgehead atoms. The number of carbonyl (C=O) groups is 1. The molecule has 104 valence electrons. The van der Waals surface area contributed by atoms with Gasteiger partial charge in [-0.3, -0.25) is 14.9 Å². The van der Waals surface area contributed by atoms with Crippen LogP contribution < -0.4 is 5.32 Å². The van der Waals surface area contributed by atoms with Gasteiger partial charge in [-0.15, -0.1) is 0 Å². The zero-order valence-electron chi connectivity index (χ0n) is 10.8. The Kier molecular flexibility index (Phi) is 4.79. The van der Waals surface area contributed by atoms with Gasteiger partial charge in [0.05, 0.1) is 4.92 Å². The Bertz CT molecular complexity index is 503. The van der Waals surface area contributed by atoms with Crippen LogP contribution in [0.5, 0.6) is 0 Å². The van der Waals surface area contributed by atoms with Crippen molar-refractivity contribution in [1.29, 1.82) is 0 Å². The van der Waals surface area contributed by atoms with E-state index >= 15 is 0 Å². The number of ether oxygens (including phenoxy) is 1. The zero-order chi connectivity index (χ0) is 14.6. The molecule has 0 saturated heterocycles. The van der Waals surface area contributed by atoms with E-state index in [1.807, 2.05) is 0 Å². The Morgan fingerprint density at radius 2 is 2.26 bits per heavy atom. The van der Waals surface area contributed by atoms with E-state index in [4.69, 9.17) is 16.3 Å². The Balaban J connectivity index is 3.08. The molecule has 19 heavy (non-hydrogen) atoms. The number of hydrogen-bond donors (Lipinski definition) is 1. The third kappa shape index (κ3) is 3.39. The van der Waals surface area contributed by atoms with Gasteiger partial charge in [0.25, 0.3) is 5.91 Å². The molecule has 1 aromatic rings. The van der Waals surface area contributed by atoms with E-state index in [0.29, 0.717) is 6.42 Å². The maximum absolute atomic E-state index is 12.0. The fourth-order valence-electron chi connectivity index (χ4n) is 1.30. The first kappa shape index (κ1) is 15.3. The van der Waals surface area contributed by atoms with E-state index < -0.39 is 16.4 Å².